The number of nitrogens with zero attached hydrogens (tertiary/aromatic N) is 3. The zero-order chi connectivity index (χ0) is 20.1. The topological polar surface area (TPSA) is 26.8 Å². The fourth-order valence-electron chi connectivity index (χ4n) is 4.45. The van der Waals surface area contributed by atoms with E-state index in [1.807, 2.05) is 23.1 Å². The minimum atomic E-state index is -0.174. The van der Waals surface area contributed by atoms with Gasteiger partial charge in [-0.05, 0) is 68.1 Å². The van der Waals surface area contributed by atoms with Gasteiger partial charge in [0.05, 0.1) is 6.54 Å². The van der Waals surface area contributed by atoms with Crippen LogP contribution in [0.2, 0.25) is 0 Å². The van der Waals surface area contributed by atoms with Crippen molar-refractivity contribution in [3.05, 3.63) is 66.0 Å². The Balaban J connectivity index is 1.19. The molecule has 0 saturated carbocycles. The molecule has 1 amide bonds. The molecule has 4 rings (SSSR count). The number of benzene rings is 2. The van der Waals surface area contributed by atoms with E-state index in [-0.39, 0.29) is 11.7 Å². The lowest BCUT2D eigenvalue weighted by Gasteiger charge is -2.38. The third-order valence-corrected chi connectivity index (χ3v) is 6.26. The SMILES string of the molecule is O=C(CN1CCC(Cc2ccc(F)cc2)CC1)N1CCN(c2ccccc2)CC1. The summed E-state index contributed by atoms with van der Waals surface area (Å²) in [6, 6.07) is 17.3. The molecule has 0 atom stereocenters. The van der Waals surface area contributed by atoms with Gasteiger partial charge in [-0.1, -0.05) is 30.3 Å². The summed E-state index contributed by atoms with van der Waals surface area (Å²) in [4.78, 5) is 19.4. The van der Waals surface area contributed by atoms with Crippen LogP contribution in [0.5, 0.6) is 0 Å². The number of hydrogen-bond donors (Lipinski definition) is 0. The molecule has 5 heteroatoms. The van der Waals surface area contributed by atoms with E-state index in [0.717, 1.165) is 58.5 Å². The van der Waals surface area contributed by atoms with Crippen molar-refractivity contribution in [2.24, 2.45) is 5.92 Å². The fourth-order valence-corrected chi connectivity index (χ4v) is 4.45. The highest BCUT2D eigenvalue weighted by molar-refractivity contribution is 5.78. The Morgan fingerprint density at radius 2 is 1.52 bits per heavy atom. The quantitative estimate of drug-likeness (QED) is 0.776. The highest BCUT2D eigenvalue weighted by Gasteiger charge is 2.25. The molecule has 0 radical (unpaired) electrons. The van der Waals surface area contributed by atoms with Crippen LogP contribution in [0.15, 0.2) is 54.6 Å². The normalized spacial score (nSPS) is 18.8. The molecule has 0 aliphatic carbocycles. The second kappa shape index (κ2) is 9.40. The average Bonchev–Trinajstić information content (AvgIpc) is 2.77. The molecule has 154 valence electrons. The van der Waals surface area contributed by atoms with Crippen molar-refractivity contribution in [3.8, 4) is 0 Å². The standard InChI is InChI=1S/C24H30FN3O/c25-22-8-6-20(7-9-22)18-21-10-12-26(13-11-21)19-24(29)28-16-14-27(15-17-28)23-4-2-1-3-5-23/h1-9,21H,10-19H2. The molecule has 0 spiro atoms. The van der Waals surface area contributed by atoms with Gasteiger partial charge in [0.1, 0.15) is 5.82 Å². The molecule has 2 aromatic carbocycles. The molecular weight excluding hydrogens is 365 g/mol. The lowest BCUT2D eigenvalue weighted by atomic mass is 9.90. The number of hydrogen-bond acceptors (Lipinski definition) is 3. The molecule has 0 unspecified atom stereocenters. The van der Waals surface area contributed by atoms with Crippen molar-refractivity contribution in [2.45, 2.75) is 19.3 Å². The zero-order valence-electron chi connectivity index (χ0n) is 17.0. The van der Waals surface area contributed by atoms with Crippen LogP contribution in [0.1, 0.15) is 18.4 Å². The molecule has 2 aliphatic heterocycles. The summed E-state index contributed by atoms with van der Waals surface area (Å²) in [5, 5.41) is 0. The smallest absolute Gasteiger partial charge is 0.236 e. The maximum Gasteiger partial charge on any atom is 0.236 e. The van der Waals surface area contributed by atoms with Crippen LogP contribution in [0.3, 0.4) is 0 Å². The lowest BCUT2D eigenvalue weighted by Crippen LogP contribution is -2.52. The molecule has 0 aromatic heterocycles. The van der Waals surface area contributed by atoms with E-state index in [0.29, 0.717) is 12.5 Å². The average molecular weight is 396 g/mol. The van der Waals surface area contributed by atoms with Crippen LogP contribution in [0.25, 0.3) is 0 Å². The summed E-state index contributed by atoms with van der Waals surface area (Å²) < 4.78 is 13.1. The van der Waals surface area contributed by atoms with Crippen molar-refractivity contribution in [1.82, 2.24) is 9.80 Å². The highest BCUT2D eigenvalue weighted by Crippen LogP contribution is 2.22. The van der Waals surface area contributed by atoms with Gasteiger partial charge in [-0.3, -0.25) is 9.69 Å². The van der Waals surface area contributed by atoms with Crippen LogP contribution < -0.4 is 4.90 Å². The van der Waals surface area contributed by atoms with Gasteiger partial charge < -0.3 is 9.80 Å². The number of rotatable bonds is 5. The fraction of sp³-hybridized carbons (Fsp3) is 0.458. The molecule has 2 heterocycles. The number of carbonyl (C=O) groups excluding carboxylic acids is 1. The van der Waals surface area contributed by atoms with Crippen molar-refractivity contribution in [3.63, 3.8) is 0 Å². The van der Waals surface area contributed by atoms with Crippen LogP contribution >= 0.6 is 0 Å². The van der Waals surface area contributed by atoms with Gasteiger partial charge in [-0.15, -0.1) is 0 Å². The zero-order valence-corrected chi connectivity index (χ0v) is 17.0. The number of carbonyl (C=O) groups is 1. The van der Waals surface area contributed by atoms with E-state index < -0.39 is 0 Å². The van der Waals surface area contributed by atoms with Gasteiger partial charge >= 0.3 is 0 Å². The van der Waals surface area contributed by atoms with Crippen molar-refractivity contribution in [2.75, 3.05) is 50.7 Å². The number of piperazine rings is 1. The Labute approximate surface area is 172 Å². The number of halogens is 1. The van der Waals surface area contributed by atoms with Crippen LogP contribution in [-0.4, -0.2) is 61.5 Å². The van der Waals surface area contributed by atoms with Crippen LogP contribution in [0.4, 0.5) is 10.1 Å². The van der Waals surface area contributed by atoms with Gasteiger partial charge in [0, 0.05) is 31.9 Å². The Hall–Kier alpha value is -2.40. The van der Waals surface area contributed by atoms with Crippen LogP contribution in [0, 0.1) is 11.7 Å². The van der Waals surface area contributed by atoms with Crippen molar-refractivity contribution < 1.29 is 9.18 Å². The predicted molar refractivity (Wildman–Crippen MR) is 115 cm³/mol. The van der Waals surface area contributed by atoms with Gasteiger partial charge in [-0.25, -0.2) is 4.39 Å². The van der Waals surface area contributed by atoms with Gasteiger partial charge in [0.15, 0.2) is 0 Å². The molecule has 2 aromatic rings. The molecule has 0 N–H and O–H groups in total. The number of likely N-dealkylation sites (tertiary alicyclic amines) is 1. The van der Waals surface area contributed by atoms with Crippen LogP contribution in [-0.2, 0) is 11.2 Å². The molecule has 4 nitrogen and oxygen atoms in total. The summed E-state index contributed by atoms with van der Waals surface area (Å²) >= 11 is 0. The Kier molecular flexibility index (Phi) is 6.45. The van der Waals surface area contributed by atoms with Gasteiger partial charge in [-0.2, -0.15) is 0 Å². The van der Waals surface area contributed by atoms with E-state index in [1.165, 1.54) is 11.3 Å². The highest BCUT2D eigenvalue weighted by atomic mass is 19.1. The molecule has 2 aliphatic rings. The second-order valence-corrected chi connectivity index (χ2v) is 8.25. The minimum Gasteiger partial charge on any atom is -0.368 e. The predicted octanol–water partition coefficient (Wildman–Crippen LogP) is 3.43. The Morgan fingerprint density at radius 1 is 0.862 bits per heavy atom. The van der Waals surface area contributed by atoms with E-state index in [4.69, 9.17) is 0 Å². The number of para-hydroxylation sites is 1. The third kappa shape index (κ3) is 5.36. The van der Waals surface area contributed by atoms with Gasteiger partial charge in [0.25, 0.3) is 0 Å². The second-order valence-electron chi connectivity index (χ2n) is 8.25. The number of anilines is 1. The molecule has 2 fully saturated rings. The number of amides is 1. The van der Waals surface area contributed by atoms with E-state index in [2.05, 4.69) is 34.1 Å². The lowest BCUT2D eigenvalue weighted by molar-refractivity contribution is -0.133. The Bertz CT molecular complexity index is 780. The van der Waals surface area contributed by atoms with E-state index in [9.17, 15) is 9.18 Å². The molecular formula is C24H30FN3O. The van der Waals surface area contributed by atoms with Crippen molar-refractivity contribution in [1.29, 1.82) is 0 Å². The summed E-state index contributed by atoms with van der Waals surface area (Å²) in [7, 11) is 0. The first-order valence-electron chi connectivity index (χ1n) is 10.7. The largest absolute Gasteiger partial charge is 0.368 e. The van der Waals surface area contributed by atoms with E-state index in [1.54, 1.807) is 12.1 Å². The molecule has 29 heavy (non-hydrogen) atoms. The maximum absolute atomic E-state index is 13.1. The summed E-state index contributed by atoms with van der Waals surface area (Å²) in [5.74, 6) is 0.711. The monoisotopic (exact) mass is 395 g/mol. The first-order valence-corrected chi connectivity index (χ1v) is 10.7. The van der Waals surface area contributed by atoms with Gasteiger partial charge in [0.2, 0.25) is 5.91 Å². The minimum absolute atomic E-state index is 0.174. The first-order chi connectivity index (χ1) is 14.2. The summed E-state index contributed by atoms with van der Waals surface area (Å²) in [6.45, 7) is 5.88. The first kappa shape index (κ1) is 19.9. The summed E-state index contributed by atoms with van der Waals surface area (Å²) in [6.07, 6.45) is 3.21. The third-order valence-electron chi connectivity index (χ3n) is 6.26. The molecule has 2 saturated heterocycles. The Morgan fingerprint density at radius 3 is 2.17 bits per heavy atom. The van der Waals surface area contributed by atoms with Crippen molar-refractivity contribution >= 4 is 11.6 Å². The molecule has 0 bridgehead atoms. The number of piperidine rings is 1. The maximum atomic E-state index is 13.1. The van der Waals surface area contributed by atoms with E-state index >= 15 is 0 Å². The summed E-state index contributed by atoms with van der Waals surface area (Å²) in [5.41, 5.74) is 2.44.